The second-order valence-electron chi connectivity index (χ2n) is 5.92. The van der Waals surface area contributed by atoms with Crippen LogP contribution in [0.4, 0.5) is 10.2 Å². The van der Waals surface area contributed by atoms with Gasteiger partial charge in [-0.05, 0) is 24.3 Å². The van der Waals surface area contributed by atoms with Crippen LogP contribution >= 0.6 is 0 Å². The van der Waals surface area contributed by atoms with Crippen molar-refractivity contribution in [3.05, 3.63) is 53.6 Å². The molecule has 2 aromatic heterocycles. The first kappa shape index (κ1) is 16.3. The lowest BCUT2D eigenvalue weighted by molar-refractivity contribution is 0.0843. The number of β-amino-alcohol motifs (C(OH)–C–C–N with tert-alkyl or cyclic N) is 1. The highest BCUT2D eigenvalue weighted by molar-refractivity contribution is 5.99. The van der Waals surface area contributed by atoms with Crippen LogP contribution in [0.25, 0.3) is 5.65 Å². The van der Waals surface area contributed by atoms with Gasteiger partial charge in [0.2, 0.25) is 0 Å². The number of amides is 1. The van der Waals surface area contributed by atoms with Gasteiger partial charge in [-0.3, -0.25) is 4.79 Å². The summed E-state index contributed by atoms with van der Waals surface area (Å²) in [6, 6.07) is 5.87. The van der Waals surface area contributed by atoms with Gasteiger partial charge in [-0.2, -0.15) is 5.10 Å². The zero-order valence-corrected chi connectivity index (χ0v) is 13.6. The van der Waals surface area contributed by atoms with E-state index in [9.17, 15) is 14.3 Å². The van der Waals surface area contributed by atoms with Crippen molar-refractivity contribution < 1.29 is 19.0 Å². The fraction of sp³-hybridized carbons (Fsp3) is 0.235. The highest BCUT2D eigenvalue weighted by atomic mass is 19.1. The van der Waals surface area contributed by atoms with Gasteiger partial charge in [-0.1, -0.05) is 0 Å². The predicted molar refractivity (Wildman–Crippen MR) is 90.5 cm³/mol. The normalized spacial score (nSPS) is 17.8. The van der Waals surface area contributed by atoms with Crippen LogP contribution in [0.1, 0.15) is 15.9 Å². The fourth-order valence-corrected chi connectivity index (χ4v) is 2.69. The molecule has 1 unspecified atom stereocenters. The van der Waals surface area contributed by atoms with Crippen LogP contribution in [0.5, 0.6) is 5.75 Å². The van der Waals surface area contributed by atoms with Crippen LogP contribution in [-0.2, 0) is 6.54 Å². The first-order valence-electron chi connectivity index (χ1n) is 8.06. The predicted octanol–water partition coefficient (Wildman–Crippen LogP) is 0.964. The molecule has 0 spiro atoms. The number of carbonyl (C=O) groups excluding carboxylic acids is 1. The number of fused-ring (bicyclic) bond motifs is 2. The molecule has 1 atom stereocenters. The van der Waals surface area contributed by atoms with Crippen LogP contribution < -0.4 is 15.4 Å². The molecule has 0 saturated heterocycles. The third kappa shape index (κ3) is 3.16. The van der Waals surface area contributed by atoms with E-state index in [1.807, 2.05) is 0 Å². The second kappa shape index (κ2) is 6.60. The van der Waals surface area contributed by atoms with Gasteiger partial charge in [-0.15, -0.1) is 0 Å². The Balaban J connectivity index is 1.74. The summed E-state index contributed by atoms with van der Waals surface area (Å²) in [5, 5.41) is 19.9. The summed E-state index contributed by atoms with van der Waals surface area (Å²) >= 11 is 0. The Morgan fingerprint density at radius 1 is 1.31 bits per heavy atom. The number of carbonyl (C=O) groups is 1. The molecule has 3 aromatic rings. The van der Waals surface area contributed by atoms with Crippen molar-refractivity contribution >= 4 is 17.4 Å². The molecule has 0 radical (unpaired) electrons. The molecule has 1 aliphatic rings. The minimum atomic E-state index is -0.918. The molecule has 3 N–H and O–H groups in total. The average molecular weight is 357 g/mol. The molecular formula is C17H16FN5O3. The van der Waals surface area contributed by atoms with Crippen LogP contribution in [0, 0.1) is 5.82 Å². The van der Waals surface area contributed by atoms with Gasteiger partial charge in [0.1, 0.15) is 35.7 Å². The molecular weight excluding hydrogens is 341 g/mol. The first-order chi connectivity index (χ1) is 12.6. The quantitative estimate of drug-likeness (QED) is 0.554. The lowest BCUT2D eigenvalue weighted by Crippen LogP contribution is -2.35. The van der Waals surface area contributed by atoms with E-state index in [-0.39, 0.29) is 31.4 Å². The molecule has 1 aliphatic heterocycles. The molecule has 26 heavy (non-hydrogen) atoms. The molecule has 1 aromatic carbocycles. The maximum atomic E-state index is 13.6. The summed E-state index contributed by atoms with van der Waals surface area (Å²) in [7, 11) is 0. The minimum Gasteiger partial charge on any atom is -0.490 e. The standard InChI is InChI=1S/C17H16FN5O3/c18-11-1-2-14-10(5-11)6-19-15-3-4-23-16(22-15)13(8-21-23)17(25)20-7-12(24)9-26-14/h1-5,8,12,24H,6-7,9H2,(H,19,22)(H,20,25). The zero-order valence-electron chi connectivity index (χ0n) is 13.6. The number of hydrogen-bond donors (Lipinski definition) is 3. The van der Waals surface area contributed by atoms with E-state index in [2.05, 4.69) is 20.7 Å². The summed E-state index contributed by atoms with van der Waals surface area (Å²) in [5.41, 5.74) is 1.27. The molecule has 134 valence electrons. The van der Waals surface area contributed by atoms with Crippen molar-refractivity contribution in [1.82, 2.24) is 19.9 Å². The summed E-state index contributed by atoms with van der Waals surface area (Å²) in [5.74, 6) is 0.194. The average Bonchev–Trinajstić information content (AvgIpc) is 3.06. The molecule has 0 fully saturated rings. The van der Waals surface area contributed by atoms with E-state index < -0.39 is 6.10 Å². The molecule has 8 nitrogen and oxygen atoms in total. The van der Waals surface area contributed by atoms with E-state index in [1.54, 1.807) is 12.3 Å². The molecule has 2 bridgehead atoms. The number of ether oxygens (including phenoxy) is 1. The summed E-state index contributed by atoms with van der Waals surface area (Å²) in [4.78, 5) is 16.7. The van der Waals surface area contributed by atoms with E-state index in [1.165, 1.54) is 28.9 Å². The maximum Gasteiger partial charge on any atom is 0.256 e. The monoisotopic (exact) mass is 357 g/mol. The summed E-state index contributed by atoms with van der Waals surface area (Å²) in [6.07, 6.45) is 2.17. The number of anilines is 1. The van der Waals surface area contributed by atoms with Crippen LogP contribution in [-0.4, -0.2) is 44.9 Å². The first-order valence-corrected chi connectivity index (χ1v) is 8.06. The van der Waals surface area contributed by atoms with Gasteiger partial charge >= 0.3 is 0 Å². The lowest BCUT2D eigenvalue weighted by atomic mass is 10.2. The Morgan fingerprint density at radius 3 is 3.08 bits per heavy atom. The van der Waals surface area contributed by atoms with Gasteiger partial charge in [0.05, 0.1) is 6.20 Å². The molecule has 1 amide bonds. The van der Waals surface area contributed by atoms with Crippen LogP contribution in [0.3, 0.4) is 0 Å². The smallest absolute Gasteiger partial charge is 0.256 e. The molecule has 0 aliphatic carbocycles. The van der Waals surface area contributed by atoms with Crippen molar-refractivity contribution in [2.24, 2.45) is 0 Å². The number of aromatic nitrogens is 3. The third-order valence-corrected chi connectivity index (χ3v) is 4.03. The Hall–Kier alpha value is -3.20. The second-order valence-corrected chi connectivity index (χ2v) is 5.92. The van der Waals surface area contributed by atoms with Crippen molar-refractivity contribution in [3.8, 4) is 5.75 Å². The Bertz CT molecular complexity index is 974. The minimum absolute atomic E-state index is 0.00461. The number of halogens is 1. The Kier molecular flexibility index (Phi) is 4.13. The van der Waals surface area contributed by atoms with E-state index in [4.69, 9.17) is 4.74 Å². The highest BCUT2D eigenvalue weighted by Gasteiger charge is 2.17. The zero-order chi connectivity index (χ0) is 18.1. The molecule has 3 heterocycles. The summed E-state index contributed by atoms with van der Waals surface area (Å²) < 4.78 is 20.7. The van der Waals surface area contributed by atoms with Gasteiger partial charge < -0.3 is 20.5 Å². The van der Waals surface area contributed by atoms with Crippen molar-refractivity contribution in [1.29, 1.82) is 0 Å². The highest BCUT2D eigenvalue weighted by Crippen LogP contribution is 2.22. The van der Waals surface area contributed by atoms with E-state index >= 15 is 0 Å². The van der Waals surface area contributed by atoms with E-state index in [0.29, 0.717) is 28.3 Å². The number of aliphatic hydroxyl groups excluding tert-OH is 1. The largest absolute Gasteiger partial charge is 0.490 e. The van der Waals surface area contributed by atoms with Gasteiger partial charge in [0, 0.05) is 24.8 Å². The van der Waals surface area contributed by atoms with Crippen LogP contribution in [0.2, 0.25) is 0 Å². The van der Waals surface area contributed by atoms with Gasteiger partial charge in [0.15, 0.2) is 5.65 Å². The number of hydrogen-bond acceptors (Lipinski definition) is 6. The van der Waals surface area contributed by atoms with Crippen molar-refractivity contribution in [2.45, 2.75) is 12.6 Å². The SMILES string of the molecule is O=C1NCC(O)COc2ccc(F)cc2CNc2ccn3ncc1c3n2. The number of benzene rings is 1. The Labute approximate surface area is 147 Å². The Morgan fingerprint density at radius 2 is 2.19 bits per heavy atom. The molecule has 0 saturated carbocycles. The number of rotatable bonds is 0. The fourth-order valence-electron chi connectivity index (χ4n) is 2.69. The van der Waals surface area contributed by atoms with Gasteiger partial charge in [-0.25, -0.2) is 13.9 Å². The number of nitrogens with zero attached hydrogens (tertiary/aromatic N) is 3. The molecule has 4 rings (SSSR count). The van der Waals surface area contributed by atoms with Crippen molar-refractivity contribution in [2.75, 3.05) is 18.5 Å². The van der Waals surface area contributed by atoms with Crippen molar-refractivity contribution in [3.63, 3.8) is 0 Å². The molecule has 9 heteroatoms. The number of nitrogens with one attached hydrogen (secondary N) is 2. The van der Waals surface area contributed by atoms with Gasteiger partial charge in [0.25, 0.3) is 5.91 Å². The summed E-state index contributed by atoms with van der Waals surface area (Å²) in [6.45, 7) is 0.235. The lowest BCUT2D eigenvalue weighted by Gasteiger charge is -2.17. The maximum absolute atomic E-state index is 13.6. The number of aliphatic hydroxyl groups is 1. The van der Waals surface area contributed by atoms with E-state index in [0.717, 1.165) is 0 Å². The van der Waals surface area contributed by atoms with Crippen LogP contribution in [0.15, 0.2) is 36.7 Å². The third-order valence-electron chi connectivity index (χ3n) is 4.03. The topological polar surface area (TPSA) is 101 Å².